The molecule has 4 heteroatoms. The van der Waals surface area contributed by atoms with E-state index in [1.165, 1.54) is 95.0 Å². The van der Waals surface area contributed by atoms with Gasteiger partial charge < -0.3 is 9.64 Å². The molecule has 2 spiro atoms. The molecule has 0 amide bonds. The Balaban J connectivity index is 1.11. The lowest BCUT2D eigenvalue weighted by atomic mass is 9.59. The Morgan fingerprint density at radius 1 is 1.03 bits per heavy atom. The maximum Gasteiger partial charge on any atom is 0.0975 e. The summed E-state index contributed by atoms with van der Waals surface area (Å²) in [7, 11) is 0. The summed E-state index contributed by atoms with van der Waals surface area (Å²) >= 11 is 0. The first-order chi connectivity index (χ1) is 16.6. The zero-order valence-electron chi connectivity index (χ0n) is 20.8. The smallest absolute Gasteiger partial charge is 0.0975 e. The minimum atomic E-state index is -0.0165. The van der Waals surface area contributed by atoms with Crippen molar-refractivity contribution in [3.8, 4) is 0 Å². The van der Waals surface area contributed by atoms with Gasteiger partial charge in [-0.15, -0.1) is 0 Å². The fourth-order valence-corrected chi connectivity index (χ4v) is 9.64. The van der Waals surface area contributed by atoms with Crippen LogP contribution in [0.3, 0.4) is 0 Å². The van der Waals surface area contributed by atoms with Crippen LogP contribution in [0.25, 0.3) is 0 Å². The first kappa shape index (κ1) is 20.7. The first-order valence-corrected chi connectivity index (χ1v) is 14.1. The van der Waals surface area contributed by atoms with Crippen LogP contribution < -0.4 is 0 Å². The lowest BCUT2D eigenvalue weighted by molar-refractivity contribution is -0.147. The number of nitrogens with zero attached hydrogens (tertiary/aromatic N) is 3. The Labute approximate surface area is 204 Å². The number of aromatic nitrogens is 1. The molecule has 0 aromatic carbocycles. The predicted molar refractivity (Wildman–Crippen MR) is 133 cm³/mol. The monoisotopic (exact) mass is 457 g/mol. The molecule has 5 heterocycles. The number of hydrogen-bond acceptors (Lipinski definition) is 4. The molecule has 4 fully saturated rings. The lowest BCUT2D eigenvalue weighted by Crippen LogP contribution is -2.58. The third kappa shape index (κ3) is 2.63. The largest absolute Gasteiger partial charge is 0.359 e. The molecule has 34 heavy (non-hydrogen) atoms. The van der Waals surface area contributed by atoms with Gasteiger partial charge in [0.2, 0.25) is 0 Å². The average molecular weight is 458 g/mol. The van der Waals surface area contributed by atoms with E-state index in [-0.39, 0.29) is 11.2 Å². The number of pyridine rings is 1. The summed E-state index contributed by atoms with van der Waals surface area (Å²) in [6.45, 7) is 7.51. The average Bonchev–Trinajstić information content (AvgIpc) is 3.33. The summed E-state index contributed by atoms with van der Waals surface area (Å²) in [5.41, 5.74) is 6.50. The van der Waals surface area contributed by atoms with Crippen LogP contribution in [-0.4, -0.2) is 57.7 Å². The molecule has 0 radical (unpaired) electrons. The Morgan fingerprint density at radius 2 is 1.97 bits per heavy atom. The number of hydrogen-bond donors (Lipinski definition) is 0. The van der Waals surface area contributed by atoms with Crippen molar-refractivity contribution < 1.29 is 4.74 Å². The molecule has 3 aliphatic carbocycles. The van der Waals surface area contributed by atoms with Crippen molar-refractivity contribution in [2.45, 2.75) is 101 Å². The Morgan fingerprint density at radius 3 is 2.85 bits per heavy atom. The molecule has 7 aliphatic rings. The lowest BCUT2D eigenvalue weighted by Gasteiger charge is -2.56. The van der Waals surface area contributed by atoms with Gasteiger partial charge in [0.25, 0.3) is 0 Å². The fraction of sp³-hybridized carbons (Fsp3) is 0.700. The van der Waals surface area contributed by atoms with Gasteiger partial charge in [0.05, 0.1) is 11.2 Å². The molecule has 8 rings (SSSR count). The zero-order valence-corrected chi connectivity index (χ0v) is 20.8. The highest BCUT2D eigenvalue weighted by Gasteiger charge is 2.67. The molecule has 6 atom stereocenters. The number of likely N-dealkylation sites (tertiary alicyclic amines) is 1. The van der Waals surface area contributed by atoms with Crippen molar-refractivity contribution in [1.82, 2.24) is 14.8 Å². The van der Waals surface area contributed by atoms with E-state index in [2.05, 4.69) is 46.1 Å². The normalized spacial score (nSPS) is 45.4. The van der Waals surface area contributed by atoms with Gasteiger partial charge in [-0.05, 0) is 117 Å². The maximum absolute atomic E-state index is 7.51. The predicted octanol–water partition coefficient (Wildman–Crippen LogP) is 5.04. The van der Waals surface area contributed by atoms with Crippen LogP contribution in [-0.2, 0) is 17.7 Å². The third-order valence-electron chi connectivity index (χ3n) is 11.5. The molecular weight excluding hydrogens is 418 g/mol. The van der Waals surface area contributed by atoms with E-state index in [9.17, 15) is 0 Å². The molecule has 2 bridgehead atoms. The van der Waals surface area contributed by atoms with Gasteiger partial charge in [0.1, 0.15) is 0 Å². The molecule has 180 valence electrons. The van der Waals surface area contributed by atoms with Crippen LogP contribution in [0.15, 0.2) is 41.8 Å². The molecule has 1 aromatic rings. The number of allylic oxidation sites excluding steroid dienone is 1. The summed E-state index contributed by atoms with van der Waals surface area (Å²) in [6.07, 6.45) is 22.1. The quantitative estimate of drug-likeness (QED) is 0.622. The van der Waals surface area contributed by atoms with Gasteiger partial charge in [-0.1, -0.05) is 19.1 Å². The van der Waals surface area contributed by atoms with Gasteiger partial charge in [0.15, 0.2) is 0 Å². The van der Waals surface area contributed by atoms with E-state index in [4.69, 9.17) is 4.74 Å². The molecule has 4 aliphatic heterocycles. The minimum absolute atomic E-state index is 0.0165. The molecule has 1 aromatic heterocycles. The van der Waals surface area contributed by atoms with Crippen molar-refractivity contribution in [1.29, 1.82) is 0 Å². The van der Waals surface area contributed by atoms with E-state index in [1.807, 2.05) is 6.20 Å². The van der Waals surface area contributed by atoms with Crippen molar-refractivity contribution in [3.63, 3.8) is 0 Å². The van der Waals surface area contributed by atoms with E-state index < -0.39 is 0 Å². The SMILES string of the molecule is C[C@]12CC=C3C=C4CC[C@@H](N5CCC5)C[C@]45CC[C@]3(O5)[C@@H]1CCC2N1CCc2ccncc2C1. The standard InChI is InChI=1S/C30H39N3O/c1-28-10-7-24-17-23-3-4-25(32-14-2-15-32)18-29(23)11-12-30(24,34-29)26(28)5-6-27(28)33-16-9-21-8-13-31-19-22(21)20-33/h7-8,13,17,19,25-27H,2-6,9-12,14-16,18,20H2,1H3/t25-,26-,27?,28+,29-,30-/m1/s1. The van der Waals surface area contributed by atoms with Gasteiger partial charge in [-0.3, -0.25) is 9.88 Å². The van der Waals surface area contributed by atoms with E-state index >= 15 is 0 Å². The summed E-state index contributed by atoms with van der Waals surface area (Å²) < 4.78 is 7.51. The van der Waals surface area contributed by atoms with E-state index in [0.717, 1.165) is 12.6 Å². The second kappa shape index (κ2) is 7.05. The van der Waals surface area contributed by atoms with Crippen LogP contribution in [0, 0.1) is 11.3 Å². The van der Waals surface area contributed by atoms with Gasteiger partial charge in [0, 0.05) is 37.6 Å². The van der Waals surface area contributed by atoms with Crippen molar-refractivity contribution >= 4 is 0 Å². The summed E-state index contributed by atoms with van der Waals surface area (Å²) in [5.74, 6) is 0.654. The Hall–Kier alpha value is -1.49. The number of rotatable bonds is 2. The van der Waals surface area contributed by atoms with Crippen LogP contribution in [0.2, 0.25) is 0 Å². The summed E-state index contributed by atoms with van der Waals surface area (Å²) in [6, 6.07) is 3.64. The summed E-state index contributed by atoms with van der Waals surface area (Å²) in [5, 5.41) is 0. The second-order valence-corrected chi connectivity index (χ2v) is 12.8. The summed E-state index contributed by atoms with van der Waals surface area (Å²) in [4.78, 5) is 10.00. The van der Waals surface area contributed by atoms with Crippen molar-refractivity contribution in [2.24, 2.45) is 11.3 Å². The second-order valence-electron chi connectivity index (χ2n) is 12.8. The highest BCUT2D eigenvalue weighted by atomic mass is 16.5. The molecule has 1 unspecified atom stereocenters. The van der Waals surface area contributed by atoms with Crippen molar-refractivity contribution in [2.75, 3.05) is 19.6 Å². The fourth-order valence-electron chi connectivity index (χ4n) is 9.64. The molecule has 2 saturated heterocycles. The topological polar surface area (TPSA) is 28.6 Å². The Kier molecular flexibility index (Phi) is 4.29. The van der Waals surface area contributed by atoms with E-state index in [1.54, 1.807) is 11.1 Å². The van der Waals surface area contributed by atoms with Crippen LogP contribution >= 0.6 is 0 Å². The van der Waals surface area contributed by atoms with Gasteiger partial charge in [-0.2, -0.15) is 0 Å². The molecule has 2 saturated carbocycles. The van der Waals surface area contributed by atoms with Gasteiger partial charge in [-0.25, -0.2) is 0 Å². The first-order valence-electron chi connectivity index (χ1n) is 14.1. The van der Waals surface area contributed by atoms with Crippen molar-refractivity contribution in [3.05, 3.63) is 52.9 Å². The van der Waals surface area contributed by atoms with Gasteiger partial charge >= 0.3 is 0 Å². The number of fused-ring (bicyclic) bond motifs is 2. The highest BCUT2D eigenvalue weighted by molar-refractivity contribution is 5.47. The van der Waals surface area contributed by atoms with Crippen LogP contribution in [0.5, 0.6) is 0 Å². The Bertz CT molecular complexity index is 1090. The third-order valence-corrected chi connectivity index (χ3v) is 11.5. The number of ether oxygens (including phenoxy) is 1. The van der Waals surface area contributed by atoms with E-state index in [0.29, 0.717) is 17.4 Å². The minimum Gasteiger partial charge on any atom is -0.359 e. The van der Waals surface area contributed by atoms with Crippen LogP contribution in [0.4, 0.5) is 0 Å². The van der Waals surface area contributed by atoms with Crippen LogP contribution in [0.1, 0.15) is 75.8 Å². The maximum atomic E-state index is 7.51. The zero-order chi connectivity index (χ0) is 22.5. The molecule has 4 nitrogen and oxygen atoms in total. The molecule has 0 N–H and O–H groups in total. The highest BCUT2D eigenvalue weighted by Crippen LogP contribution is 2.67. The molecular formula is C30H39N3O.